The number of ether oxygens (including phenoxy) is 2. The molecule has 0 bridgehead atoms. The van der Waals surface area contributed by atoms with Crippen LogP contribution in [0.25, 0.3) is 0 Å². The van der Waals surface area contributed by atoms with Crippen LogP contribution in [0.4, 0.5) is 0 Å². The summed E-state index contributed by atoms with van der Waals surface area (Å²) in [5.74, 6) is 5.22. The first-order chi connectivity index (χ1) is 11.0. The lowest BCUT2D eigenvalue weighted by molar-refractivity contribution is -0.168. The summed E-state index contributed by atoms with van der Waals surface area (Å²) < 4.78 is 9.74. The van der Waals surface area contributed by atoms with Crippen LogP contribution in [-0.2, 0) is 19.1 Å². The van der Waals surface area contributed by atoms with E-state index < -0.39 is 17.4 Å². The lowest BCUT2D eigenvalue weighted by atomic mass is 9.80. The van der Waals surface area contributed by atoms with Gasteiger partial charge in [0.05, 0.1) is 14.2 Å². The van der Waals surface area contributed by atoms with Gasteiger partial charge in [0, 0.05) is 6.42 Å². The SMILES string of the molecule is CC#CCC(C/C=C/[C@@]12CCCC[C@@H]1C2)(C(=O)OC)C(=O)OC. The van der Waals surface area contributed by atoms with Crippen LogP contribution in [0, 0.1) is 28.6 Å². The maximum absolute atomic E-state index is 12.3. The van der Waals surface area contributed by atoms with Gasteiger partial charge in [-0.05, 0) is 43.9 Å². The minimum absolute atomic E-state index is 0.115. The molecular formula is C19H26O4. The van der Waals surface area contributed by atoms with Gasteiger partial charge in [0.1, 0.15) is 0 Å². The molecule has 4 heteroatoms. The standard InChI is InChI=1S/C19H26O4/c1-4-5-12-19(16(20)22-2,17(21)23-3)13-8-11-18-10-7-6-9-15(18)14-18/h8,11,15H,6-7,9-10,12-14H2,1-3H3/b11-8+/t15-,18-/m1/s1. The lowest BCUT2D eigenvalue weighted by Crippen LogP contribution is -2.40. The summed E-state index contributed by atoms with van der Waals surface area (Å²) >= 11 is 0. The largest absolute Gasteiger partial charge is 0.468 e. The molecule has 0 heterocycles. The molecule has 0 unspecified atom stereocenters. The van der Waals surface area contributed by atoms with Gasteiger partial charge in [0.15, 0.2) is 5.41 Å². The number of esters is 2. The normalized spacial score (nSPS) is 26.0. The highest BCUT2D eigenvalue weighted by atomic mass is 16.5. The summed E-state index contributed by atoms with van der Waals surface area (Å²) in [5, 5.41) is 0. The van der Waals surface area contributed by atoms with Crippen molar-refractivity contribution in [1.82, 2.24) is 0 Å². The van der Waals surface area contributed by atoms with Crippen molar-refractivity contribution in [3.05, 3.63) is 12.2 Å². The molecule has 0 N–H and O–H groups in total. The highest BCUT2D eigenvalue weighted by Crippen LogP contribution is 2.62. The average molecular weight is 318 g/mol. The minimum atomic E-state index is -1.36. The molecule has 0 aromatic rings. The van der Waals surface area contributed by atoms with Crippen LogP contribution in [0.2, 0.25) is 0 Å². The Balaban J connectivity index is 2.17. The fraction of sp³-hybridized carbons (Fsp3) is 0.684. The number of carbonyl (C=O) groups excluding carboxylic acids is 2. The molecule has 0 radical (unpaired) electrons. The molecule has 0 aliphatic heterocycles. The molecule has 126 valence electrons. The number of methoxy groups -OCH3 is 2. The molecule has 2 rings (SSSR count). The van der Waals surface area contributed by atoms with E-state index in [-0.39, 0.29) is 12.8 Å². The predicted molar refractivity (Wildman–Crippen MR) is 87.3 cm³/mol. The quantitative estimate of drug-likeness (QED) is 0.326. The molecule has 0 saturated heterocycles. The Kier molecular flexibility index (Phi) is 5.51. The molecule has 4 nitrogen and oxygen atoms in total. The molecule has 2 aliphatic rings. The molecule has 2 aliphatic carbocycles. The molecular weight excluding hydrogens is 292 g/mol. The van der Waals surface area contributed by atoms with Crippen molar-refractivity contribution in [3.63, 3.8) is 0 Å². The van der Waals surface area contributed by atoms with Crippen molar-refractivity contribution in [2.75, 3.05) is 14.2 Å². The molecule has 2 fully saturated rings. The van der Waals surface area contributed by atoms with E-state index in [1.165, 1.54) is 46.3 Å². The second kappa shape index (κ2) is 7.21. The van der Waals surface area contributed by atoms with E-state index >= 15 is 0 Å². The molecule has 0 aromatic heterocycles. The number of hydrogen-bond acceptors (Lipinski definition) is 4. The zero-order chi connectivity index (χ0) is 16.9. The van der Waals surface area contributed by atoms with Crippen molar-refractivity contribution in [2.24, 2.45) is 16.7 Å². The summed E-state index contributed by atoms with van der Waals surface area (Å²) in [7, 11) is 2.58. The van der Waals surface area contributed by atoms with E-state index in [0.29, 0.717) is 5.41 Å². The molecule has 0 spiro atoms. The van der Waals surface area contributed by atoms with Gasteiger partial charge in [-0.1, -0.05) is 25.0 Å². The highest BCUT2D eigenvalue weighted by molar-refractivity contribution is 6.00. The zero-order valence-electron chi connectivity index (χ0n) is 14.3. The van der Waals surface area contributed by atoms with Crippen LogP contribution in [0.5, 0.6) is 0 Å². The maximum Gasteiger partial charge on any atom is 0.324 e. The molecule has 2 saturated carbocycles. The average Bonchev–Trinajstić information content (AvgIpc) is 3.31. The maximum atomic E-state index is 12.3. The van der Waals surface area contributed by atoms with Crippen molar-refractivity contribution in [2.45, 2.75) is 51.9 Å². The van der Waals surface area contributed by atoms with Crippen molar-refractivity contribution < 1.29 is 19.1 Å². The first-order valence-corrected chi connectivity index (χ1v) is 8.29. The van der Waals surface area contributed by atoms with Crippen LogP contribution in [0.1, 0.15) is 51.9 Å². The Morgan fingerprint density at radius 1 is 1.26 bits per heavy atom. The van der Waals surface area contributed by atoms with E-state index in [9.17, 15) is 9.59 Å². The van der Waals surface area contributed by atoms with E-state index in [1.807, 2.05) is 6.08 Å². The van der Waals surface area contributed by atoms with Crippen LogP contribution in [0.15, 0.2) is 12.2 Å². The van der Waals surface area contributed by atoms with Gasteiger partial charge < -0.3 is 9.47 Å². The summed E-state index contributed by atoms with van der Waals surface area (Å²) in [5.41, 5.74) is -1.05. The lowest BCUT2D eigenvalue weighted by Gasteiger charge is -2.25. The number of rotatable bonds is 6. The Morgan fingerprint density at radius 3 is 2.52 bits per heavy atom. The number of allylic oxidation sites excluding steroid dienone is 2. The second-order valence-corrected chi connectivity index (χ2v) is 6.66. The van der Waals surface area contributed by atoms with E-state index in [4.69, 9.17) is 9.47 Å². The van der Waals surface area contributed by atoms with E-state index in [0.717, 1.165) is 5.92 Å². The van der Waals surface area contributed by atoms with Crippen molar-refractivity contribution in [3.8, 4) is 11.8 Å². The van der Waals surface area contributed by atoms with Crippen LogP contribution in [-0.4, -0.2) is 26.2 Å². The van der Waals surface area contributed by atoms with E-state index in [1.54, 1.807) is 6.92 Å². The number of fused-ring (bicyclic) bond motifs is 1. The van der Waals surface area contributed by atoms with Gasteiger partial charge in [0.2, 0.25) is 0 Å². The van der Waals surface area contributed by atoms with Gasteiger partial charge in [-0.2, -0.15) is 0 Å². The third-order valence-electron chi connectivity index (χ3n) is 5.36. The first kappa shape index (κ1) is 17.6. The highest BCUT2D eigenvalue weighted by Gasteiger charge is 2.53. The third kappa shape index (κ3) is 3.44. The van der Waals surface area contributed by atoms with E-state index in [2.05, 4.69) is 17.9 Å². The summed E-state index contributed by atoms with van der Waals surface area (Å²) in [6.45, 7) is 1.69. The molecule has 0 aromatic carbocycles. The Bertz CT molecular complexity index is 535. The van der Waals surface area contributed by atoms with Crippen LogP contribution >= 0.6 is 0 Å². The molecule has 0 amide bonds. The van der Waals surface area contributed by atoms with Gasteiger partial charge in [-0.25, -0.2) is 0 Å². The Labute approximate surface area is 138 Å². The van der Waals surface area contributed by atoms with Crippen LogP contribution in [0.3, 0.4) is 0 Å². The first-order valence-electron chi connectivity index (χ1n) is 8.29. The molecule has 23 heavy (non-hydrogen) atoms. The fourth-order valence-corrected chi connectivity index (χ4v) is 3.82. The summed E-state index contributed by atoms with van der Waals surface area (Å²) in [6, 6.07) is 0. The monoisotopic (exact) mass is 318 g/mol. The van der Waals surface area contributed by atoms with Crippen molar-refractivity contribution in [1.29, 1.82) is 0 Å². The van der Waals surface area contributed by atoms with Gasteiger partial charge >= 0.3 is 11.9 Å². The Hall–Kier alpha value is -1.76. The molecule has 2 atom stereocenters. The fourth-order valence-electron chi connectivity index (χ4n) is 3.82. The van der Waals surface area contributed by atoms with Crippen LogP contribution < -0.4 is 0 Å². The second-order valence-electron chi connectivity index (χ2n) is 6.66. The summed E-state index contributed by atoms with van der Waals surface area (Å²) in [4.78, 5) is 24.6. The van der Waals surface area contributed by atoms with Gasteiger partial charge in [-0.15, -0.1) is 11.8 Å². The predicted octanol–water partition coefficient (Wildman–Crippen LogP) is 3.26. The van der Waals surface area contributed by atoms with Gasteiger partial charge in [-0.3, -0.25) is 9.59 Å². The van der Waals surface area contributed by atoms with Gasteiger partial charge in [0.25, 0.3) is 0 Å². The van der Waals surface area contributed by atoms with Crippen molar-refractivity contribution >= 4 is 11.9 Å². The smallest absolute Gasteiger partial charge is 0.324 e. The topological polar surface area (TPSA) is 52.6 Å². The zero-order valence-corrected chi connectivity index (χ0v) is 14.3. The number of hydrogen-bond donors (Lipinski definition) is 0. The Morgan fingerprint density at radius 2 is 1.96 bits per heavy atom. The number of carbonyl (C=O) groups is 2. The third-order valence-corrected chi connectivity index (χ3v) is 5.36. The minimum Gasteiger partial charge on any atom is -0.468 e. The summed E-state index contributed by atoms with van der Waals surface area (Å²) in [6.07, 6.45) is 10.9.